The lowest BCUT2D eigenvalue weighted by Gasteiger charge is -2.38. The van der Waals surface area contributed by atoms with Gasteiger partial charge in [-0.3, -0.25) is 0 Å². The van der Waals surface area contributed by atoms with Crippen molar-refractivity contribution in [3.63, 3.8) is 0 Å². The van der Waals surface area contributed by atoms with Crippen molar-refractivity contribution in [3.8, 4) is 11.8 Å². The van der Waals surface area contributed by atoms with E-state index in [1.165, 1.54) is 7.11 Å². The first-order valence-corrected chi connectivity index (χ1v) is 10.8. The number of carbonyl (C=O) groups excluding carboxylic acids is 1. The van der Waals surface area contributed by atoms with E-state index in [0.717, 1.165) is 32.1 Å². The van der Waals surface area contributed by atoms with Crippen molar-refractivity contribution in [1.29, 1.82) is 0 Å². The predicted molar refractivity (Wildman–Crippen MR) is 90.6 cm³/mol. The van der Waals surface area contributed by atoms with Crippen molar-refractivity contribution in [1.82, 2.24) is 0 Å². The third-order valence-corrected chi connectivity index (χ3v) is 8.69. The highest BCUT2D eigenvalue weighted by Gasteiger charge is 2.38. The van der Waals surface area contributed by atoms with E-state index in [4.69, 9.17) is 4.43 Å². The van der Waals surface area contributed by atoms with Gasteiger partial charge in [0.05, 0.1) is 7.11 Å². The molecule has 0 aromatic heterocycles. The Morgan fingerprint density at radius 1 is 1.19 bits per heavy atom. The second-order valence-electron chi connectivity index (χ2n) is 7.08. The Kier molecular flexibility index (Phi) is 8.92. The Labute approximate surface area is 131 Å². The first-order chi connectivity index (χ1) is 9.60. The smallest absolute Gasteiger partial charge is 0.384 e. The summed E-state index contributed by atoms with van der Waals surface area (Å²) in [5, 5.41) is 0.269. The molecular formula is C17H32O3Si. The Bertz CT molecular complexity index is 372. The Morgan fingerprint density at radius 3 is 2.33 bits per heavy atom. The molecule has 0 unspecified atom stereocenters. The third kappa shape index (κ3) is 8.95. The maximum atomic E-state index is 10.8. The van der Waals surface area contributed by atoms with Gasteiger partial charge in [-0.1, -0.05) is 39.5 Å². The molecule has 0 fully saturated rings. The molecule has 0 aliphatic carbocycles. The van der Waals surface area contributed by atoms with Crippen LogP contribution < -0.4 is 0 Å². The molecule has 0 N–H and O–H groups in total. The third-order valence-electron chi connectivity index (χ3n) is 4.09. The van der Waals surface area contributed by atoms with Gasteiger partial charge in [0.15, 0.2) is 8.32 Å². The highest BCUT2D eigenvalue weighted by molar-refractivity contribution is 6.74. The standard InChI is InChI=1S/C17H32O3Si/c1-15(20-21(6,7)17(2,3)4)13-11-9-8-10-12-14-16(18)19-5/h15H,8-11,13H2,1-7H3/t15-/m1/s1. The molecule has 3 nitrogen and oxygen atoms in total. The number of methoxy groups -OCH3 is 1. The Balaban J connectivity index is 3.83. The summed E-state index contributed by atoms with van der Waals surface area (Å²) in [4.78, 5) is 10.8. The molecule has 0 aliphatic heterocycles. The molecule has 0 spiro atoms. The average Bonchev–Trinajstić information content (AvgIpc) is 2.35. The van der Waals surface area contributed by atoms with Crippen LogP contribution in [0.5, 0.6) is 0 Å². The van der Waals surface area contributed by atoms with E-state index in [-0.39, 0.29) is 5.04 Å². The number of hydrogen-bond donors (Lipinski definition) is 0. The molecule has 0 aromatic rings. The van der Waals surface area contributed by atoms with Crippen molar-refractivity contribution in [2.24, 2.45) is 0 Å². The van der Waals surface area contributed by atoms with Crippen LogP contribution in [0.3, 0.4) is 0 Å². The van der Waals surface area contributed by atoms with Crippen LogP contribution in [0.25, 0.3) is 0 Å². The zero-order chi connectivity index (χ0) is 16.5. The molecule has 0 aromatic carbocycles. The van der Waals surface area contributed by atoms with Gasteiger partial charge >= 0.3 is 5.97 Å². The van der Waals surface area contributed by atoms with Crippen molar-refractivity contribution in [3.05, 3.63) is 0 Å². The van der Waals surface area contributed by atoms with Crippen LogP contribution in [0.15, 0.2) is 0 Å². The van der Waals surface area contributed by atoms with E-state index < -0.39 is 14.3 Å². The number of carbonyl (C=O) groups is 1. The van der Waals surface area contributed by atoms with Gasteiger partial charge in [-0.15, -0.1) is 0 Å². The molecule has 122 valence electrons. The Hall–Kier alpha value is -0.793. The summed E-state index contributed by atoms with van der Waals surface area (Å²) in [5.74, 6) is 4.83. The topological polar surface area (TPSA) is 35.5 Å². The van der Waals surface area contributed by atoms with Gasteiger partial charge in [0.25, 0.3) is 0 Å². The fourth-order valence-electron chi connectivity index (χ4n) is 1.75. The summed E-state index contributed by atoms with van der Waals surface area (Å²) in [6.07, 6.45) is 5.48. The SMILES string of the molecule is COC(=O)C#CCCCCC[C@@H](C)O[Si](C)(C)C(C)(C)C. The zero-order valence-electron chi connectivity index (χ0n) is 14.8. The van der Waals surface area contributed by atoms with Crippen molar-refractivity contribution >= 4 is 14.3 Å². The highest BCUT2D eigenvalue weighted by atomic mass is 28.4. The number of ether oxygens (including phenoxy) is 1. The fraction of sp³-hybridized carbons (Fsp3) is 0.824. The maximum Gasteiger partial charge on any atom is 0.384 e. The summed E-state index contributed by atoms with van der Waals surface area (Å²) in [6, 6.07) is 0. The van der Waals surface area contributed by atoms with E-state index in [1.54, 1.807) is 0 Å². The van der Waals surface area contributed by atoms with Gasteiger partial charge in [-0.05, 0) is 37.9 Å². The highest BCUT2D eigenvalue weighted by Crippen LogP contribution is 2.37. The summed E-state index contributed by atoms with van der Waals surface area (Å²) >= 11 is 0. The van der Waals surface area contributed by atoms with Crippen LogP contribution in [0, 0.1) is 11.8 Å². The van der Waals surface area contributed by atoms with E-state index >= 15 is 0 Å². The van der Waals surface area contributed by atoms with Crippen molar-refractivity contribution in [2.45, 2.75) is 84.0 Å². The monoisotopic (exact) mass is 312 g/mol. The minimum atomic E-state index is -1.64. The van der Waals surface area contributed by atoms with Gasteiger partial charge in [0.2, 0.25) is 0 Å². The molecule has 0 rings (SSSR count). The fourth-order valence-corrected chi connectivity index (χ4v) is 3.22. The van der Waals surface area contributed by atoms with Gasteiger partial charge in [0, 0.05) is 18.4 Å². The van der Waals surface area contributed by atoms with E-state index in [2.05, 4.69) is 57.4 Å². The van der Waals surface area contributed by atoms with E-state index in [1.807, 2.05) is 0 Å². The average molecular weight is 313 g/mol. The molecule has 0 bridgehead atoms. The summed E-state index contributed by atoms with van der Waals surface area (Å²) in [5.41, 5.74) is 0. The number of esters is 1. The van der Waals surface area contributed by atoms with Crippen LogP contribution in [0.2, 0.25) is 18.1 Å². The summed E-state index contributed by atoms with van der Waals surface area (Å²) in [7, 11) is -0.292. The minimum Gasteiger partial charge on any atom is -0.459 e. The number of unbranched alkanes of at least 4 members (excludes halogenated alkanes) is 3. The lowest BCUT2D eigenvalue weighted by atomic mass is 10.1. The molecule has 4 heteroatoms. The molecule has 0 heterocycles. The summed E-state index contributed by atoms with van der Waals surface area (Å²) in [6.45, 7) is 13.6. The largest absolute Gasteiger partial charge is 0.459 e. The number of rotatable bonds is 7. The van der Waals surface area contributed by atoms with Crippen LogP contribution in [0.1, 0.15) is 59.8 Å². The molecular weight excluding hydrogens is 280 g/mol. The van der Waals surface area contributed by atoms with Crippen LogP contribution >= 0.6 is 0 Å². The van der Waals surface area contributed by atoms with E-state index in [9.17, 15) is 4.79 Å². The molecule has 0 aliphatic rings. The Morgan fingerprint density at radius 2 is 1.81 bits per heavy atom. The maximum absolute atomic E-state index is 10.8. The first kappa shape index (κ1) is 20.2. The minimum absolute atomic E-state index is 0.269. The summed E-state index contributed by atoms with van der Waals surface area (Å²) < 4.78 is 10.8. The lowest BCUT2D eigenvalue weighted by Crippen LogP contribution is -2.43. The van der Waals surface area contributed by atoms with Crippen LogP contribution in [-0.4, -0.2) is 27.5 Å². The van der Waals surface area contributed by atoms with Gasteiger partial charge in [0.1, 0.15) is 0 Å². The number of hydrogen-bond acceptors (Lipinski definition) is 3. The van der Waals surface area contributed by atoms with Gasteiger partial charge in [-0.25, -0.2) is 4.79 Å². The molecule has 0 radical (unpaired) electrons. The first-order valence-electron chi connectivity index (χ1n) is 7.85. The molecule has 21 heavy (non-hydrogen) atoms. The molecule has 0 saturated heterocycles. The van der Waals surface area contributed by atoms with Crippen molar-refractivity contribution in [2.75, 3.05) is 7.11 Å². The van der Waals surface area contributed by atoms with E-state index in [0.29, 0.717) is 6.10 Å². The van der Waals surface area contributed by atoms with Crippen LogP contribution in [0.4, 0.5) is 0 Å². The second-order valence-corrected chi connectivity index (χ2v) is 11.8. The normalized spacial score (nSPS) is 13.3. The molecule has 0 saturated carbocycles. The van der Waals surface area contributed by atoms with Crippen LogP contribution in [-0.2, 0) is 14.0 Å². The van der Waals surface area contributed by atoms with Gasteiger partial charge in [-0.2, -0.15) is 0 Å². The van der Waals surface area contributed by atoms with Crippen molar-refractivity contribution < 1.29 is 14.0 Å². The van der Waals surface area contributed by atoms with Gasteiger partial charge < -0.3 is 9.16 Å². The predicted octanol–water partition coefficient (Wildman–Crippen LogP) is 4.52. The molecule has 0 amide bonds. The zero-order valence-corrected chi connectivity index (χ0v) is 15.8. The quantitative estimate of drug-likeness (QED) is 0.228. The molecule has 1 atom stereocenters. The second kappa shape index (κ2) is 9.27. The lowest BCUT2D eigenvalue weighted by molar-refractivity contribution is -0.133.